The van der Waals surface area contributed by atoms with Crippen molar-refractivity contribution in [3.05, 3.63) is 0 Å². The first-order chi connectivity index (χ1) is 9.95. The number of hydrogen-bond donors (Lipinski definition) is 0. The molecule has 1 radical (unpaired) electrons. The molecule has 0 saturated heterocycles. The Balaban J connectivity index is 1.72. The predicted octanol–water partition coefficient (Wildman–Crippen LogP) is 7.33. The smallest absolute Gasteiger partial charge is 0.0168 e. The second-order valence-electron chi connectivity index (χ2n) is 7.21. The van der Waals surface area contributed by atoms with E-state index in [1.54, 1.807) is 0 Å². The van der Waals surface area contributed by atoms with Crippen LogP contribution in [0.3, 0.4) is 0 Å². The van der Waals surface area contributed by atoms with Gasteiger partial charge in [-0.25, -0.2) is 0 Å². The zero-order valence-corrected chi connectivity index (χ0v) is 14.5. The van der Waals surface area contributed by atoms with Crippen molar-refractivity contribution in [2.24, 2.45) is 0 Å². The van der Waals surface area contributed by atoms with Crippen LogP contribution in [0, 0.1) is 0 Å². The molecule has 2 fully saturated rings. The van der Waals surface area contributed by atoms with Crippen LogP contribution in [0.5, 0.6) is 0 Å². The Hall–Kier alpha value is 0.430. The molecule has 0 spiro atoms. The van der Waals surface area contributed by atoms with Crippen molar-refractivity contribution in [1.82, 2.24) is 0 Å². The Morgan fingerprint density at radius 1 is 0.350 bits per heavy atom. The van der Waals surface area contributed by atoms with Gasteiger partial charge in [0, 0.05) is 0 Å². The Morgan fingerprint density at radius 3 is 0.900 bits per heavy atom. The largest absolute Gasteiger partial charge is 0.0741 e. The lowest BCUT2D eigenvalue weighted by Crippen LogP contribution is -2.09. The average Bonchev–Trinajstić information content (AvgIpc) is 2.70. The number of hydrogen-bond acceptors (Lipinski definition) is 0. The van der Waals surface area contributed by atoms with Crippen molar-refractivity contribution in [2.75, 3.05) is 0 Å². The van der Waals surface area contributed by atoms with Crippen molar-refractivity contribution in [1.29, 1.82) is 0 Å². The molecule has 0 unspecified atom stereocenters. The van der Waals surface area contributed by atoms with Crippen LogP contribution >= 0.6 is 8.58 Å². The van der Waals surface area contributed by atoms with Crippen LogP contribution in [0.25, 0.3) is 0 Å². The first-order valence-electron chi connectivity index (χ1n) is 9.65. The fourth-order valence-electron chi connectivity index (χ4n) is 4.00. The molecule has 2 saturated carbocycles. The lowest BCUT2D eigenvalue weighted by atomic mass is 10.0. The quantitative estimate of drug-likeness (QED) is 0.369. The van der Waals surface area contributed by atoms with Gasteiger partial charge in [0.05, 0.1) is 0 Å². The Labute approximate surface area is 129 Å². The molecule has 0 heterocycles. The minimum Gasteiger partial charge on any atom is -0.0741 e. The fourth-order valence-corrected chi connectivity index (χ4v) is 5.92. The van der Waals surface area contributed by atoms with Gasteiger partial charge in [-0.15, -0.1) is 0 Å². The highest BCUT2D eigenvalue weighted by Crippen LogP contribution is 2.39. The molecule has 0 bridgehead atoms. The van der Waals surface area contributed by atoms with Gasteiger partial charge in [0.25, 0.3) is 0 Å². The molecule has 0 aromatic rings. The molecule has 0 N–H and O–H groups in total. The summed E-state index contributed by atoms with van der Waals surface area (Å²) in [6, 6.07) is 0. The average molecular weight is 295 g/mol. The highest BCUT2D eigenvalue weighted by Gasteiger charge is 2.18. The molecule has 2 aliphatic rings. The highest BCUT2D eigenvalue weighted by molar-refractivity contribution is 7.39. The molecular formula is C19H36P. The molecule has 0 aromatic carbocycles. The second kappa shape index (κ2) is 11.1. The van der Waals surface area contributed by atoms with E-state index >= 15 is 0 Å². The van der Waals surface area contributed by atoms with Gasteiger partial charge in [-0.1, -0.05) is 92.1 Å². The Bertz CT molecular complexity index is 206. The molecule has 0 aromatic heterocycles. The van der Waals surface area contributed by atoms with Crippen LogP contribution in [0.1, 0.15) is 109 Å². The van der Waals surface area contributed by atoms with Crippen molar-refractivity contribution < 1.29 is 0 Å². The van der Waals surface area contributed by atoms with Gasteiger partial charge in [-0.2, -0.15) is 0 Å². The van der Waals surface area contributed by atoms with Gasteiger partial charge in [0.15, 0.2) is 0 Å². The van der Waals surface area contributed by atoms with Gasteiger partial charge in [0.1, 0.15) is 0 Å². The van der Waals surface area contributed by atoms with Crippen molar-refractivity contribution in [3.8, 4) is 0 Å². The molecule has 20 heavy (non-hydrogen) atoms. The highest BCUT2D eigenvalue weighted by atomic mass is 31.1. The minimum atomic E-state index is 1.05. The van der Waals surface area contributed by atoms with E-state index < -0.39 is 0 Å². The van der Waals surface area contributed by atoms with Gasteiger partial charge >= 0.3 is 0 Å². The third-order valence-corrected chi connectivity index (χ3v) is 7.20. The summed E-state index contributed by atoms with van der Waals surface area (Å²) in [7, 11) is 1.86. The van der Waals surface area contributed by atoms with Gasteiger partial charge in [-0.05, 0) is 37.0 Å². The third kappa shape index (κ3) is 7.44. The summed E-state index contributed by atoms with van der Waals surface area (Å²) in [5.41, 5.74) is 2.12. The van der Waals surface area contributed by atoms with E-state index in [1.165, 1.54) is 109 Å². The molecule has 0 aliphatic heterocycles. The molecule has 1 heteroatoms. The molecule has 0 nitrogen and oxygen atoms in total. The number of rotatable bonds is 2. The molecule has 2 aliphatic carbocycles. The monoisotopic (exact) mass is 295 g/mol. The van der Waals surface area contributed by atoms with E-state index in [0.29, 0.717) is 0 Å². The standard InChI is InChI=1S/C19H36P/c1-2-4-6-10-14-18(15-11-7-5-3-1)20-19-16-12-8-9-13-17-19/h18-19H,1-17H2. The van der Waals surface area contributed by atoms with Crippen LogP contribution in [0.2, 0.25) is 0 Å². The first-order valence-corrected chi connectivity index (χ1v) is 10.7. The normalized spacial score (nSPS) is 27.0. The van der Waals surface area contributed by atoms with Crippen LogP contribution < -0.4 is 0 Å². The summed E-state index contributed by atoms with van der Waals surface area (Å²) in [6.45, 7) is 0. The molecule has 117 valence electrons. The maximum absolute atomic E-state index is 1.86. The zero-order valence-electron chi connectivity index (χ0n) is 13.6. The maximum atomic E-state index is 1.86. The summed E-state index contributed by atoms with van der Waals surface area (Å²) < 4.78 is 0. The van der Waals surface area contributed by atoms with E-state index in [4.69, 9.17) is 0 Å². The van der Waals surface area contributed by atoms with E-state index in [2.05, 4.69) is 0 Å². The second-order valence-corrected chi connectivity index (χ2v) is 8.97. The van der Waals surface area contributed by atoms with Crippen LogP contribution in [-0.4, -0.2) is 11.3 Å². The lowest BCUT2D eigenvalue weighted by molar-refractivity contribution is 0.507. The topological polar surface area (TPSA) is 0 Å². The Kier molecular flexibility index (Phi) is 9.29. The lowest BCUT2D eigenvalue weighted by Gasteiger charge is -2.22. The minimum absolute atomic E-state index is 1.05. The predicted molar refractivity (Wildman–Crippen MR) is 93.0 cm³/mol. The van der Waals surface area contributed by atoms with E-state index in [-0.39, 0.29) is 0 Å². The molecule has 2 rings (SSSR count). The summed E-state index contributed by atoms with van der Waals surface area (Å²) in [5.74, 6) is 0. The van der Waals surface area contributed by atoms with Crippen molar-refractivity contribution in [2.45, 2.75) is 120 Å². The molecule has 0 amide bonds. The van der Waals surface area contributed by atoms with E-state index in [1.807, 2.05) is 8.58 Å². The van der Waals surface area contributed by atoms with Gasteiger partial charge < -0.3 is 0 Å². The molecular weight excluding hydrogens is 259 g/mol. The van der Waals surface area contributed by atoms with E-state index in [0.717, 1.165) is 11.3 Å². The summed E-state index contributed by atoms with van der Waals surface area (Å²) >= 11 is 0. The fraction of sp³-hybridized carbons (Fsp3) is 1.00. The maximum Gasteiger partial charge on any atom is -0.0168 e. The molecule has 0 atom stereocenters. The summed E-state index contributed by atoms with van der Waals surface area (Å²) in [5, 5.41) is 0. The Morgan fingerprint density at radius 2 is 0.600 bits per heavy atom. The van der Waals surface area contributed by atoms with Crippen molar-refractivity contribution in [3.63, 3.8) is 0 Å². The van der Waals surface area contributed by atoms with Crippen LogP contribution in [-0.2, 0) is 0 Å². The van der Waals surface area contributed by atoms with Crippen LogP contribution in [0.15, 0.2) is 0 Å². The van der Waals surface area contributed by atoms with Crippen LogP contribution in [0.4, 0.5) is 0 Å². The van der Waals surface area contributed by atoms with Gasteiger partial charge in [0.2, 0.25) is 0 Å². The van der Waals surface area contributed by atoms with Crippen molar-refractivity contribution >= 4 is 8.58 Å². The first kappa shape index (κ1) is 16.8. The summed E-state index contributed by atoms with van der Waals surface area (Å²) in [4.78, 5) is 0. The summed E-state index contributed by atoms with van der Waals surface area (Å²) in [6.07, 6.45) is 25.8. The SMILES string of the molecule is C1CCCCCC([P]C2CCCCCC2)CCCCC1. The zero-order chi connectivity index (χ0) is 13.9. The third-order valence-electron chi connectivity index (χ3n) is 5.32. The van der Waals surface area contributed by atoms with E-state index in [9.17, 15) is 0 Å². The van der Waals surface area contributed by atoms with Gasteiger partial charge in [-0.3, -0.25) is 0 Å².